The van der Waals surface area contributed by atoms with Gasteiger partial charge in [-0.1, -0.05) is 48.5 Å². The standard InChI is InChI=1S/C19H19N3O2S/c1-25(24)13-12-20-19(23)17-14-22(16-10-6-3-7-11-16)21-18(17)15-8-4-2-5-9-15/h2-11,14H,12-13H2,1H3,(H,20,23). The van der Waals surface area contributed by atoms with Crippen LogP contribution in [0.25, 0.3) is 16.9 Å². The molecule has 2 aromatic carbocycles. The molecule has 0 aliphatic rings. The number of benzene rings is 2. The van der Waals surface area contributed by atoms with Gasteiger partial charge < -0.3 is 5.32 Å². The normalized spacial score (nSPS) is 11.9. The van der Waals surface area contributed by atoms with Crippen molar-refractivity contribution < 1.29 is 9.00 Å². The van der Waals surface area contributed by atoms with Gasteiger partial charge in [-0.3, -0.25) is 9.00 Å². The van der Waals surface area contributed by atoms with Crippen molar-refractivity contribution >= 4 is 16.7 Å². The average Bonchev–Trinajstić information content (AvgIpc) is 3.08. The van der Waals surface area contributed by atoms with Gasteiger partial charge in [0.15, 0.2) is 0 Å². The van der Waals surface area contributed by atoms with Gasteiger partial charge in [0.1, 0.15) is 5.69 Å². The number of carbonyl (C=O) groups excluding carboxylic acids is 1. The van der Waals surface area contributed by atoms with Crippen LogP contribution >= 0.6 is 0 Å². The highest BCUT2D eigenvalue weighted by molar-refractivity contribution is 7.84. The van der Waals surface area contributed by atoms with Gasteiger partial charge in [0, 0.05) is 41.1 Å². The quantitative estimate of drug-likeness (QED) is 0.741. The molecule has 1 aromatic heterocycles. The van der Waals surface area contributed by atoms with Gasteiger partial charge in [0.2, 0.25) is 0 Å². The Morgan fingerprint density at radius 3 is 2.36 bits per heavy atom. The molecule has 1 unspecified atom stereocenters. The second kappa shape index (κ2) is 7.90. The Balaban J connectivity index is 1.96. The molecule has 0 radical (unpaired) electrons. The summed E-state index contributed by atoms with van der Waals surface area (Å²) in [5, 5.41) is 7.43. The van der Waals surface area contributed by atoms with Crippen LogP contribution in [0.15, 0.2) is 66.9 Å². The highest BCUT2D eigenvalue weighted by Crippen LogP contribution is 2.23. The van der Waals surface area contributed by atoms with Crippen LogP contribution in [0.5, 0.6) is 0 Å². The second-order valence-corrected chi connectivity index (χ2v) is 7.13. The molecule has 6 heteroatoms. The van der Waals surface area contributed by atoms with E-state index in [1.54, 1.807) is 17.1 Å². The SMILES string of the molecule is CS(=O)CCNC(=O)c1cn(-c2ccccc2)nc1-c1ccccc1. The van der Waals surface area contributed by atoms with Crippen molar-refractivity contribution in [3.63, 3.8) is 0 Å². The molecule has 0 bridgehead atoms. The van der Waals surface area contributed by atoms with E-state index in [4.69, 9.17) is 0 Å². The van der Waals surface area contributed by atoms with Gasteiger partial charge in [-0.15, -0.1) is 0 Å². The minimum atomic E-state index is -0.940. The van der Waals surface area contributed by atoms with Gasteiger partial charge in [0.25, 0.3) is 5.91 Å². The summed E-state index contributed by atoms with van der Waals surface area (Å²) >= 11 is 0. The first kappa shape index (κ1) is 17.1. The molecule has 1 atom stereocenters. The van der Waals surface area contributed by atoms with Crippen LogP contribution < -0.4 is 5.32 Å². The summed E-state index contributed by atoms with van der Waals surface area (Å²) in [4.78, 5) is 12.6. The van der Waals surface area contributed by atoms with Crippen molar-refractivity contribution in [3.05, 3.63) is 72.4 Å². The van der Waals surface area contributed by atoms with E-state index in [-0.39, 0.29) is 5.91 Å². The fraction of sp³-hybridized carbons (Fsp3) is 0.158. The Morgan fingerprint density at radius 2 is 1.72 bits per heavy atom. The molecule has 0 fully saturated rings. The number of nitrogens with zero attached hydrogens (tertiary/aromatic N) is 2. The molecule has 3 aromatic rings. The molecule has 5 nitrogen and oxygen atoms in total. The number of rotatable bonds is 6. The predicted octanol–water partition coefficient (Wildman–Crippen LogP) is 2.65. The molecule has 1 amide bonds. The Bertz CT molecular complexity index is 876. The lowest BCUT2D eigenvalue weighted by Crippen LogP contribution is -2.27. The zero-order valence-electron chi connectivity index (χ0n) is 13.9. The van der Waals surface area contributed by atoms with Gasteiger partial charge in [-0.2, -0.15) is 5.10 Å². The molecule has 0 saturated heterocycles. The van der Waals surface area contributed by atoms with Crippen molar-refractivity contribution in [1.82, 2.24) is 15.1 Å². The summed E-state index contributed by atoms with van der Waals surface area (Å²) in [5.41, 5.74) is 2.88. The number of aromatic nitrogens is 2. The maximum absolute atomic E-state index is 12.6. The van der Waals surface area contributed by atoms with Crippen LogP contribution in [0.2, 0.25) is 0 Å². The first-order chi connectivity index (χ1) is 12.1. The smallest absolute Gasteiger partial charge is 0.255 e. The van der Waals surface area contributed by atoms with Crippen molar-refractivity contribution in [3.8, 4) is 16.9 Å². The van der Waals surface area contributed by atoms with E-state index in [1.165, 1.54) is 0 Å². The fourth-order valence-electron chi connectivity index (χ4n) is 2.47. The second-order valence-electron chi connectivity index (χ2n) is 5.57. The molecular weight excluding hydrogens is 334 g/mol. The molecule has 25 heavy (non-hydrogen) atoms. The van der Waals surface area contributed by atoms with Crippen LogP contribution in [-0.4, -0.2) is 38.4 Å². The monoisotopic (exact) mass is 353 g/mol. The Morgan fingerprint density at radius 1 is 1.08 bits per heavy atom. The minimum absolute atomic E-state index is 0.216. The molecule has 0 aliphatic heterocycles. The lowest BCUT2D eigenvalue weighted by Gasteiger charge is -2.04. The number of para-hydroxylation sites is 1. The van der Waals surface area contributed by atoms with Crippen molar-refractivity contribution in [2.45, 2.75) is 0 Å². The molecule has 0 spiro atoms. The molecule has 1 N–H and O–H groups in total. The van der Waals surface area contributed by atoms with E-state index in [0.29, 0.717) is 23.6 Å². The molecule has 0 aliphatic carbocycles. The van der Waals surface area contributed by atoms with Gasteiger partial charge in [-0.25, -0.2) is 4.68 Å². The predicted molar refractivity (Wildman–Crippen MR) is 100 cm³/mol. The van der Waals surface area contributed by atoms with Gasteiger partial charge >= 0.3 is 0 Å². The van der Waals surface area contributed by atoms with E-state index in [1.807, 2.05) is 60.7 Å². The number of hydrogen-bond donors (Lipinski definition) is 1. The third-order valence-electron chi connectivity index (χ3n) is 3.70. The summed E-state index contributed by atoms with van der Waals surface area (Å²) in [6.07, 6.45) is 3.35. The highest BCUT2D eigenvalue weighted by atomic mass is 32.2. The number of nitrogens with one attached hydrogen (secondary N) is 1. The summed E-state index contributed by atoms with van der Waals surface area (Å²) in [6, 6.07) is 19.3. The van der Waals surface area contributed by atoms with E-state index in [9.17, 15) is 9.00 Å². The maximum Gasteiger partial charge on any atom is 0.255 e. The number of amides is 1. The highest BCUT2D eigenvalue weighted by Gasteiger charge is 2.18. The topological polar surface area (TPSA) is 64.0 Å². The number of carbonyl (C=O) groups is 1. The summed E-state index contributed by atoms with van der Waals surface area (Å²) < 4.78 is 12.9. The van der Waals surface area contributed by atoms with Crippen LogP contribution in [0, 0.1) is 0 Å². The Labute approximate surface area is 149 Å². The molecule has 3 rings (SSSR count). The van der Waals surface area contributed by atoms with Crippen LogP contribution in [-0.2, 0) is 10.8 Å². The van der Waals surface area contributed by atoms with Crippen molar-refractivity contribution in [2.24, 2.45) is 0 Å². The molecule has 1 heterocycles. The van der Waals surface area contributed by atoms with Gasteiger partial charge in [-0.05, 0) is 12.1 Å². The first-order valence-electron chi connectivity index (χ1n) is 7.94. The van der Waals surface area contributed by atoms with E-state index in [0.717, 1.165) is 11.3 Å². The van der Waals surface area contributed by atoms with E-state index >= 15 is 0 Å². The van der Waals surface area contributed by atoms with Crippen LogP contribution in [0.1, 0.15) is 10.4 Å². The van der Waals surface area contributed by atoms with Crippen molar-refractivity contribution in [1.29, 1.82) is 0 Å². The number of hydrogen-bond acceptors (Lipinski definition) is 3. The molecule has 0 saturated carbocycles. The van der Waals surface area contributed by atoms with Gasteiger partial charge in [0.05, 0.1) is 11.3 Å². The third-order valence-corrected chi connectivity index (χ3v) is 4.48. The van der Waals surface area contributed by atoms with Crippen LogP contribution in [0.4, 0.5) is 0 Å². The van der Waals surface area contributed by atoms with E-state index in [2.05, 4.69) is 10.4 Å². The van der Waals surface area contributed by atoms with Crippen LogP contribution in [0.3, 0.4) is 0 Å². The summed E-state index contributed by atoms with van der Waals surface area (Å²) in [7, 11) is -0.940. The Kier molecular flexibility index (Phi) is 5.40. The zero-order valence-corrected chi connectivity index (χ0v) is 14.7. The fourth-order valence-corrected chi connectivity index (χ4v) is 2.86. The minimum Gasteiger partial charge on any atom is -0.351 e. The lowest BCUT2D eigenvalue weighted by atomic mass is 10.1. The van der Waals surface area contributed by atoms with E-state index < -0.39 is 10.8 Å². The third kappa shape index (κ3) is 4.22. The lowest BCUT2D eigenvalue weighted by molar-refractivity contribution is 0.0957. The zero-order chi connectivity index (χ0) is 17.6. The first-order valence-corrected chi connectivity index (χ1v) is 9.66. The summed E-state index contributed by atoms with van der Waals surface area (Å²) in [5.74, 6) is 0.214. The Hall–Kier alpha value is -2.73. The summed E-state index contributed by atoms with van der Waals surface area (Å²) in [6.45, 7) is 0.368. The van der Waals surface area contributed by atoms with Crippen molar-refractivity contribution in [2.75, 3.05) is 18.6 Å². The molecular formula is C19H19N3O2S. The molecule has 128 valence electrons. The largest absolute Gasteiger partial charge is 0.351 e. The maximum atomic E-state index is 12.6. The average molecular weight is 353 g/mol.